The van der Waals surface area contributed by atoms with Crippen LogP contribution in [-0.4, -0.2) is 29.4 Å². The summed E-state index contributed by atoms with van der Waals surface area (Å²) in [6, 6.07) is 1.13. The molecule has 1 heterocycles. The number of hydrogen-bond acceptors (Lipinski definition) is 3. The van der Waals surface area contributed by atoms with Crippen molar-refractivity contribution >= 4 is 5.97 Å². The summed E-state index contributed by atoms with van der Waals surface area (Å²) in [7, 11) is 1.39. The largest absolute Gasteiger partial charge is 0.478 e. The van der Waals surface area contributed by atoms with E-state index in [-0.39, 0.29) is 19.6 Å². The molecule has 0 atom stereocenters. The number of aromatic nitrogens is 1. The van der Waals surface area contributed by atoms with Crippen molar-refractivity contribution in [2.75, 3.05) is 13.7 Å². The molecule has 1 N–H and O–H groups in total. The summed E-state index contributed by atoms with van der Waals surface area (Å²) in [5, 5.41) is 8.67. The van der Waals surface area contributed by atoms with Crippen molar-refractivity contribution < 1.29 is 27.8 Å². The maximum atomic E-state index is 12.8. The van der Waals surface area contributed by atoms with Crippen LogP contribution in [0, 0.1) is 0 Å². The second-order valence-corrected chi connectivity index (χ2v) is 3.77. The number of pyridine rings is 1. The number of halogens is 3. The van der Waals surface area contributed by atoms with E-state index in [1.807, 2.05) is 0 Å². The van der Waals surface area contributed by atoms with Crippen molar-refractivity contribution in [1.82, 2.24) is 4.57 Å². The number of rotatable bonds is 5. The Morgan fingerprint density at radius 1 is 1.42 bits per heavy atom. The lowest BCUT2D eigenvalue weighted by atomic mass is 10.2. The lowest BCUT2D eigenvalue weighted by molar-refractivity contribution is -0.144. The molecule has 0 unspecified atom stereocenters. The summed E-state index contributed by atoms with van der Waals surface area (Å²) < 4.78 is 43.6. The van der Waals surface area contributed by atoms with E-state index in [1.54, 1.807) is 0 Å². The highest BCUT2D eigenvalue weighted by Crippen LogP contribution is 2.29. The zero-order valence-corrected chi connectivity index (χ0v) is 10.0. The van der Waals surface area contributed by atoms with Crippen molar-refractivity contribution in [2.45, 2.75) is 19.1 Å². The normalized spacial score (nSPS) is 11.6. The SMILES string of the molecule is COCCCn1c(C(F)(F)F)cc(C(=O)O)cc1=O. The number of carbonyl (C=O) groups is 1. The van der Waals surface area contributed by atoms with Gasteiger partial charge in [-0.1, -0.05) is 0 Å². The van der Waals surface area contributed by atoms with Gasteiger partial charge in [-0.05, 0) is 12.5 Å². The average Bonchev–Trinajstić information content (AvgIpc) is 2.29. The van der Waals surface area contributed by atoms with Gasteiger partial charge in [0.05, 0.1) is 5.56 Å². The van der Waals surface area contributed by atoms with Gasteiger partial charge in [0.1, 0.15) is 5.69 Å². The number of alkyl halides is 3. The molecule has 0 fully saturated rings. The lowest BCUT2D eigenvalue weighted by Crippen LogP contribution is -2.29. The van der Waals surface area contributed by atoms with Gasteiger partial charge in [-0.15, -0.1) is 0 Å². The van der Waals surface area contributed by atoms with Crippen LogP contribution in [0.5, 0.6) is 0 Å². The van der Waals surface area contributed by atoms with Gasteiger partial charge >= 0.3 is 12.1 Å². The third-order valence-corrected chi connectivity index (χ3v) is 2.40. The molecule has 0 saturated heterocycles. The standard InChI is InChI=1S/C11H12F3NO4/c1-19-4-2-3-15-8(11(12,13)14)5-7(10(17)18)6-9(15)16/h5-6H,2-4H2,1H3,(H,17,18). The van der Waals surface area contributed by atoms with E-state index in [4.69, 9.17) is 9.84 Å². The van der Waals surface area contributed by atoms with E-state index >= 15 is 0 Å². The molecule has 0 spiro atoms. The predicted molar refractivity (Wildman–Crippen MR) is 59.2 cm³/mol. The topological polar surface area (TPSA) is 68.5 Å². The maximum Gasteiger partial charge on any atom is 0.431 e. The molecule has 1 rings (SSSR count). The molecule has 5 nitrogen and oxygen atoms in total. The monoisotopic (exact) mass is 279 g/mol. The number of hydrogen-bond donors (Lipinski definition) is 1. The minimum atomic E-state index is -4.79. The zero-order valence-electron chi connectivity index (χ0n) is 10.0. The van der Waals surface area contributed by atoms with Crippen molar-refractivity contribution in [2.24, 2.45) is 0 Å². The van der Waals surface area contributed by atoms with Gasteiger partial charge in [-0.3, -0.25) is 4.79 Å². The van der Waals surface area contributed by atoms with Gasteiger partial charge in [0.25, 0.3) is 5.56 Å². The Labute approximate surface area is 106 Å². The number of methoxy groups -OCH3 is 1. The average molecular weight is 279 g/mol. The van der Waals surface area contributed by atoms with Crippen LogP contribution in [-0.2, 0) is 17.5 Å². The number of carboxylic acid groups (broad SMARTS) is 1. The first-order chi connectivity index (χ1) is 8.77. The molecule has 0 aliphatic heterocycles. The smallest absolute Gasteiger partial charge is 0.431 e. The second-order valence-electron chi connectivity index (χ2n) is 3.77. The van der Waals surface area contributed by atoms with Gasteiger partial charge in [-0.2, -0.15) is 13.2 Å². The quantitative estimate of drug-likeness (QED) is 0.831. The second kappa shape index (κ2) is 5.87. The van der Waals surface area contributed by atoms with E-state index in [0.29, 0.717) is 16.7 Å². The Bertz CT molecular complexity index is 522. The van der Waals surface area contributed by atoms with Crippen LogP contribution in [0.3, 0.4) is 0 Å². The lowest BCUT2D eigenvalue weighted by Gasteiger charge is -2.15. The first-order valence-electron chi connectivity index (χ1n) is 5.31. The van der Waals surface area contributed by atoms with Gasteiger partial charge in [0.15, 0.2) is 0 Å². The van der Waals surface area contributed by atoms with Crippen molar-refractivity contribution in [3.8, 4) is 0 Å². The summed E-state index contributed by atoms with van der Waals surface area (Å²) in [5.74, 6) is -1.58. The molecule has 0 aliphatic carbocycles. The minimum absolute atomic E-state index is 0.193. The summed E-state index contributed by atoms with van der Waals surface area (Å²) in [6.45, 7) is 0.00579. The Balaban J connectivity index is 3.28. The molecule has 106 valence electrons. The number of ether oxygens (including phenoxy) is 1. The molecule has 1 aromatic heterocycles. The van der Waals surface area contributed by atoms with Crippen molar-refractivity contribution in [3.05, 3.63) is 33.7 Å². The molecule has 1 aromatic rings. The molecular formula is C11H12F3NO4. The van der Waals surface area contributed by atoms with Crippen LogP contribution < -0.4 is 5.56 Å². The summed E-state index contributed by atoms with van der Waals surface area (Å²) in [4.78, 5) is 22.2. The summed E-state index contributed by atoms with van der Waals surface area (Å²) in [6.07, 6.45) is -4.58. The fourth-order valence-corrected chi connectivity index (χ4v) is 1.55. The van der Waals surface area contributed by atoms with Crippen LogP contribution in [0.2, 0.25) is 0 Å². The van der Waals surface area contributed by atoms with Gasteiger partial charge in [-0.25, -0.2) is 4.79 Å². The molecule has 0 aliphatic rings. The van der Waals surface area contributed by atoms with Crippen LogP contribution in [0.15, 0.2) is 16.9 Å². The Morgan fingerprint density at radius 2 is 2.05 bits per heavy atom. The van der Waals surface area contributed by atoms with Gasteiger partial charge in [0.2, 0.25) is 0 Å². The zero-order chi connectivity index (χ0) is 14.6. The van der Waals surface area contributed by atoms with E-state index in [1.165, 1.54) is 7.11 Å². The van der Waals surface area contributed by atoms with E-state index in [2.05, 4.69) is 0 Å². The molecule has 0 saturated carbocycles. The fraction of sp³-hybridized carbons (Fsp3) is 0.455. The summed E-state index contributed by atoms with van der Waals surface area (Å²) in [5.41, 5.74) is -2.95. The van der Waals surface area contributed by atoms with Gasteiger partial charge < -0.3 is 14.4 Å². The van der Waals surface area contributed by atoms with E-state index in [9.17, 15) is 22.8 Å². The third-order valence-electron chi connectivity index (χ3n) is 2.40. The van der Waals surface area contributed by atoms with Crippen LogP contribution in [0.4, 0.5) is 13.2 Å². The highest BCUT2D eigenvalue weighted by atomic mass is 19.4. The van der Waals surface area contributed by atoms with Gasteiger partial charge in [0, 0.05) is 26.3 Å². The minimum Gasteiger partial charge on any atom is -0.478 e. The van der Waals surface area contributed by atoms with Crippen molar-refractivity contribution in [1.29, 1.82) is 0 Å². The van der Waals surface area contributed by atoms with Crippen LogP contribution in [0.1, 0.15) is 22.5 Å². The molecule has 8 heteroatoms. The predicted octanol–water partition coefficient (Wildman–Crippen LogP) is 1.60. The number of nitrogens with zero attached hydrogens (tertiary/aromatic N) is 1. The number of carboxylic acids is 1. The molecule has 19 heavy (non-hydrogen) atoms. The molecule has 0 amide bonds. The Morgan fingerprint density at radius 3 is 2.53 bits per heavy atom. The fourth-order valence-electron chi connectivity index (χ4n) is 1.55. The summed E-state index contributed by atoms with van der Waals surface area (Å²) >= 11 is 0. The first kappa shape index (κ1) is 15.2. The van der Waals surface area contributed by atoms with Crippen LogP contribution >= 0.6 is 0 Å². The molecule has 0 bridgehead atoms. The Kier molecular flexibility index (Phi) is 4.71. The highest BCUT2D eigenvalue weighted by Gasteiger charge is 2.35. The molecule has 0 radical (unpaired) electrons. The Hall–Kier alpha value is -1.83. The maximum absolute atomic E-state index is 12.8. The highest BCUT2D eigenvalue weighted by molar-refractivity contribution is 5.87. The molecular weight excluding hydrogens is 267 g/mol. The number of aromatic carboxylic acids is 1. The van der Waals surface area contributed by atoms with Crippen LogP contribution in [0.25, 0.3) is 0 Å². The first-order valence-corrected chi connectivity index (χ1v) is 5.31. The third kappa shape index (κ3) is 3.82. The van der Waals surface area contributed by atoms with Crippen molar-refractivity contribution in [3.63, 3.8) is 0 Å². The molecule has 0 aromatic carbocycles. The van der Waals surface area contributed by atoms with E-state index in [0.717, 1.165) is 0 Å². The van der Waals surface area contributed by atoms with E-state index < -0.39 is 29.0 Å².